The molecule has 0 radical (unpaired) electrons. The molecule has 4 N–H and O–H groups in total. The number of phenols is 3. The highest BCUT2D eigenvalue weighted by Gasteiger charge is 2.45. The molecule has 26 heavy (non-hydrogen) atoms. The Morgan fingerprint density at radius 2 is 1.77 bits per heavy atom. The average Bonchev–Trinajstić information content (AvgIpc) is 2.90. The summed E-state index contributed by atoms with van der Waals surface area (Å²) in [7, 11) is 0. The summed E-state index contributed by atoms with van der Waals surface area (Å²) in [6.45, 7) is 1.69. The van der Waals surface area contributed by atoms with Gasteiger partial charge in [-0.15, -0.1) is 0 Å². The molecular weight excluding hydrogens is 340 g/mol. The number of rotatable bonds is 3. The highest BCUT2D eigenvalue weighted by Crippen LogP contribution is 2.41. The summed E-state index contributed by atoms with van der Waals surface area (Å²) >= 11 is 0. The average molecular weight is 356 g/mol. The number of carbonyl (C=O) groups excluding carboxylic acids is 1. The van der Waals surface area contributed by atoms with E-state index in [-0.39, 0.29) is 17.1 Å². The third-order valence-electron chi connectivity index (χ3n) is 4.26. The first-order valence-corrected chi connectivity index (χ1v) is 7.75. The number of carbonyl (C=O) groups is 2. The van der Waals surface area contributed by atoms with Crippen LogP contribution in [0.5, 0.6) is 17.2 Å². The Kier molecular flexibility index (Phi) is 4.29. The summed E-state index contributed by atoms with van der Waals surface area (Å²) in [5, 5.41) is 38.4. The predicted molar refractivity (Wildman–Crippen MR) is 90.6 cm³/mol. The molecule has 7 heteroatoms. The van der Waals surface area contributed by atoms with Crippen molar-refractivity contribution in [3.05, 3.63) is 58.7 Å². The van der Waals surface area contributed by atoms with Crippen molar-refractivity contribution in [2.75, 3.05) is 0 Å². The Morgan fingerprint density at radius 3 is 2.38 bits per heavy atom. The van der Waals surface area contributed by atoms with Gasteiger partial charge in [0.1, 0.15) is 17.8 Å². The van der Waals surface area contributed by atoms with Crippen molar-refractivity contribution in [3.8, 4) is 17.2 Å². The van der Waals surface area contributed by atoms with Crippen LogP contribution in [0.25, 0.3) is 6.08 Å². The summed E-state index contributed by atoms with van der Waals surface area (Å²) in [5.41, 5.74) is 1.23. The van der Waals surface area contributed by atoms with Gasteiger partial charge in [-0.1, -0.05) is 18.2 Å². The van der Waals surface area contributed by atoms with Crippen molar-refractivity contribution in [2.45, 2.75) is 13.0 Å². The molecule has 2 unspecified atom stereocenters. The number of ether oxygens (including phenoxy) is 1. The van der Waals surface area contributed by atoms with Crippen molar-refractivity contribution in [3.63, 3.8) is 0 Å². The fraction of sp³-hybridized carbons (Fsp3) is 0.158. The second-order valence-electron chi connectivity index (χ2n) is 6.04. The zero-order valence-corrected chi connectivity index (χ0v) is 13.7. The third-order valence-corrected chi connectivity index (χ3v) is 4.26. The van der Waals surface area contributed by atoms with Crippen LogP contribution in [0.3, 0.4) is 0 Å². The molecule has 0 saturated carbocycles. The van der Waals surface area contributed by atoms with Gasteiger partial charge in [-0.3, -0.25) is 4.79 Å². The predicted octanol–water partition coefficient (Wildman–Crippen LogP) is 2.49. The van der Waals surface area contributed by atoms with E-state index >= 15 is 0 Å². The number of carboxylic acids is 1. The maximum absolute atomic E-state index is 12.3. The molecule has 2 aromatic rings. The number of aliphatic carboxylic acids is 1. The smallest absolute Gasteiger partial charge is 0.335 e. The molecule has 2 aromatic carbocycles. The van der Waals surface area contributed by atoms with Gasteiger partial charge >= 0.3 is 11.9 Å². The van der Waals surface area contributed by atoms with Gasteiger partial charge in [-0.05, 0) is 47.9 Å². The monoisotopic (exact) mass is 356 g/mol. The van der Waals surface area contributed by atoms with Crippen molar-refractivity contribution in [1.29, 1.82) is 0 Å². The van der Waals surface area contributed by atoms with Gasteiger partial charge in [-0.2, -0.15) is 0 Å². The van der Waals surface area contributed by atoms with Gasteiger partial charge in [-0.25, -0.2) is 4.79 Å². The lowest BCUT2D eigenvalue weighted by molar-refractivity contribution is -0.144. The van der Waals surface area contributed by atoms with Crippen LogP contribution in [-0.4, -0.2) is 32.4 Å². The van der Waals surface area contributed by atoms with E-state index in [0.717, 1.165) is 0 Å². The molecule has 0 bridgehead atoms. The minimum absolute atomic E-state index is 0.0245. The van der Waals surface area contributed by atoms with Gasteiger partial charge in [0.05, 0.1) is 5.57 Å². The van der Waals surface area contributed by atoms with E-state index in [1.807, 2.05) is 0 Å². The van der Waals surface area contributed by atoms with Crippen molar-refractivity contribution < 1.29 is 34.8 Å². The van der Waals surface area contributed by atoms with Crippen LogP contribution in [0, 0.1) is 12.8 Å². The molecular formula is C19H16O7. The highest BCUT2D eigenvalue weighted by molar-refractivity contribution is 6.02. The van der Waals surface area contributed by atoms with Gasteiger partial charge < -0.3 is 25.2 Å². The Hall–Kier alpha value is -3.48. The van der Waals surface area contributed by atoms with Crippen LogP contribution in [0.2, 0.25) is 0 Å². The first kappa shape index (κ1) is 17.3. The fourth-order valence-corrected chi connectivity index (χ4v) is 2.83. The lowest BCUT2D eigenvalue weighted by atomic mass is 9.90. The summed E-state index contributed by atoms with van der Waals surface area (Å²) in [6, 6.07) is 8.44. The number of benzene rings is 2. The molecule has 1 heterocycles. The number of cyclic esters (lactones) is 1. The van der Waals surface area contributed by atoms with E-state index in [0.29, 0.717) is 16.7 Å². The Labute approximate surface area is 148 Å². The molecule has 1 fully saturated rings. The molecule has 0 aliphatic carbocycles. The first-order chi connectivity index (χ1) is 12.3. The molecule has 1 aliphatic rings. The summed E-state index contributed by atoms with van der Waals surface area (Å²) < 4.78 is 5.24. The molecule has 7 nitrogen and oxygen atoms in total. The SMILES string of the molecule is Cc1ccc(C2OC(=O)C(=Cc3ccc(O)c(O)c3)C2C(=O)O)cc1O. The summed E-state index contributed by atoms with van der Waals surface area (Å²) in [4.78, 5) is 24.0. The van der Waals surface area contributed by atoms with E-state index in [1.54, 1.807) is 19.1 Å². The summed E-state index contributed by atoms with van der Waals surface area (Å²) in [5.74, 6) is -4.07. The number of hydrogen-bond donors (Lipinski definition) is 4. The largest absolute Gasteiger partial charge is 0.508 e. The van der Waals surface area contributed by atoms with E-state index in [2.05, 4.69) is 0 Å². The maximum atomic E-state index is 12.3. The molecule has 3 rings (SSSR count). The minimum atomic E-state index is -1.28. The number of aromatic hydroxyl groups is 3. The summed E-state index contributed by atoms with van der Waals surface area (Å²) in [6.07, 6.45) is 0.220. The lowest BCUT2D eigenvalue weighted by Crippen LogP contribution is -2.19. The van der Waals surface area contributed by atoms with Crippen LogP contribution in [0.1, 0.15) is 22.8 Å². The topological polar surface area (TPSA) is 124 Å². The van der Waals surface area contributed by atoms with Gasteiger partial charge in [0.2, 0.25) is 0 Å². The Bertz CT molecular complexity index is 929. The van der Waals surface area contributed by atoms with Gasteiger partial charge in [0.25, 0.3) is 0 Å². The van der Waals surface area contributed by atoms with Crippen molar-refractivity contribution in [1.82, 2.24) is 0 Å². The van der Waals surface area contributed by atoms with E-state index in [1.165, 1.54) is 30.3 Å². The quantitative estimate of drug-likeness (QED) is 0.378. The number of carboxylic acid groups (broad SMARTS) is 1. The van der Waals surface area contributed by atoms with E-state index in [4.69, 9.17) is 4.74 Å². The molecule has 134 valence electrons. The normalized spacial score (nSPS) is 21.0. The molecule has 2 atom stereocenters. The van der Waals surface area contributed by atoms with Crippen LogP contribution >= 0.6 is 0 Å². The van der Waals surface area contributed by atoms with E-state index < -0.39 is 29.7 Å². The molecule has 0 spiro atoms. The van der Waals surface area contributed by atoms with Crippen LogP contribution in [0.15, 0.2) is 42.0 Å². The number of esters is 1. The van der Waals surface area contributed by atoms with Crippen LogP contribution in [0.4, 0.5) is 0 Å². The second-order valence-corrected chi connectivity index (χ2v) is 6.04. The zero-order chi connectivity index (χ0) is 19.0. The number of hydrogen-bond acceptors (Lipinski definition) is 6. The van der Waals surface area contributed by atoms with E-state index in [9.17, 15) is 30.0 Å². The number of aryl methyl sites for hydroxylation is 1. The van der Waals surface area contributed by atoms with Crippen molar-refractivity contribution >= 4 is 18.0 Å². The molecule has 0 amide bonds. The van der Waals surface area contributed by atoms with Crippen LogP contribution < -0.4 is 0 Å². The highest BCUT2D eigenvalue weighted by atomic mass is 16.6. The maximum Gasteiger partial charge on any atom is 0.335 e. The minimum Gasteiger partial charge on any atom is -0.508 e. The lowest BCUT2D eigenvalue weighted by Gasteiger charge is -2.15. The molecule has 0 aromatic heterocycles. The fourth-order valence-electron chi connectivity index (χ4n) is 2.83. The second kappa shape index (κ2) is 6.44. The zero-order valence-electron chi connectivity index (χ0n) is 13.7. The van der Waals surface area contributed by atoms with Gasteiger partial charge in [0, 0.05) is 0 Å². The first-order valence-electron chi connectivity index (χ1n) is 7.75. The molecule has 1 aliphatic heterocycles. The number of phenolic OH excluding ortho intramolecular Hbond substituents is 3. The standard InChI is InChI=1S/C19H16O7/c1-9-2-4-11(8-14(9)21)17-16(18(23)24)12(19(25)26-17)6-10-3-5-13(20)15(22)7-10/h2-8,16-17,20-22H,1H3,(H,23,24). The van der Waals surface area contributed by atoms with Gasteiger partial charge in [0.15, 0.2) is 11.5 Å². The van der Waals surface area contributed by atoms with Crippen molar-refractivity contribution in [2.24, 2.45) is 5.92 Å². The third kappa shape index (κ3) is 3.06. The van der Waals surface area contributed by atoms with Crippen LogP contribution in [-0.2, 0) is 14.3 Å². The molecule has 1 saturated heterocycles. The Balaban J connectivity index is 2.04. The Morgan fingerprint density at radius 1 is 1.04 bits per heavy atom.